The number of anilines is 1. The second-order valence-electron chi connectivity index (χ2n) is 8.94. The van der Waals surface area contributed by atoms with Gasteiger partial charge in [-0.3, -0.25) is 9.59 Å². The molecule has 11 heteroatoms. The van der Waals surface area contributed by atoms with Gasteiger partial charge in [0.05, 0.1) is 58.2 Å². The number of amides is 2. The van der Waals surface area contributed by atoms with Gasteiger partial charge in [0.15, 0.2) is 15.5 Å². The number of fused-ring (bicyclic) bond motifs is 1. The highest BCUT2D eigenvalue weighted by atomic mass is 32.2. The number of methoxy groups -OCH3 is 1. The Morgan fingerprint density at radius 1 is 1.11 bits per heavy atom. The molecule has 0 radical (unpaired) electrons. The zero-order valence-electron chi connectivity index (χ0n) is 20.3. The number of hydrogen-bond donors (Lipinski definition) is 2. The minimum absolute atomic E-state index is 0.0399. The maximum Gasteiger partial charge on any atom is 0.256 e. The predicted octanol–water partition coefficient (Wildman–Crippen LogP) is 3.13. The van der Waals surface area contributed by atoms with E-state index in [9.17, 15) is 18.0 Å². The lowest BCUT2D eigenvalue weighted by atomic mass is 10.0. The van der Waals surface area contributed by atoms with Crippen molar-refractivity contribution in [1.29, 1.82) is 0 Å². The molecule has 4 aromatic rings. The number of hydrogen-bond acceptors (Lipinski definition) is 7. The molecule has 5 rings (SSSR count). The Balaban J connectivity index is 1.69. The first-order valence-corrected chi connectivity index (χ1v) is 13.4. The van der Waals surface area contributed by atoms with Gasteiger partial charge in [0, 0.05) is 5.56 Å². The molecule has 0 spiro atoms. The fourth-order valence-electron chi connectivity index (χ4n) is 4.64. The van der Waals surface area contributed by atoms with E-state index in [4.69, 9.17) is 15.5 Å². The van der Waals surface area contributed by atoms with Crippen LogP contribution in [0.15, 0.2) is 54.6 Å². The number of aryl methyl sites for hydroxylation is 1. The van der Waals surface area contributed by atoms with Crippen molar-refractivity contribution < 1.29 is 22.7 Å². The molecule has 0 bridgehead atoms. The Kier molecular flexibility index (Phi) is 6.16. The zero-order chi connectivity index (χ0) is 26.3. The molecule has 1 saturated heterocycles. The van der Waals surface area contributed by atoms with E-state index in [2.05, 4.69) is 10.4 Å². The lowest BCUT2D eigenvalue weighted by Gasteiger charge is -2.13. The van der Waals surface area contributed by atoms with Crippen LogP contribution in [0, 0.1) is 6.92 Å². The molecule has 190 valence electrons. The number of para-hydroxylation sites is 1. The normalized spacial score (nSPS) is 16.5. The number of nitrogens with zero attached hydrogens (tertiary/aromatic N) is 3. The van der Waals surface area contributed by atoms with Crippen molar-refractivity contribution in [3.8, 4) is 17.0 Å². The summed E-state index contributed by atoms with van der Waals surface area (Å²) < 4.78 is 31.4. The van der Waals surface area contributed by atoms with E-state index in [1.165, 1.54) is 6.07 Å². The van der Waals surface area contributed by atoms with Crippen molar-refractivity contribution in [3.63, 3.8) is 0 Å². The van der Waals surface area contributed by atoms with Crippen molar-refractivity contribution in [1.82, 2.24) is 14.8 Å². The van der Waals surface area contributed by atoms with E-state index in [0.717, 1.165) is 0 Å². The quantitative estimate of drug-likeness (QED) is 0.398. The third-order valence-corrected chi connectivity index (χ3v) is 8.19. The molecule has 3 heterocycles. The van der Waals surface area contributed by atoms with E-state index in [1.54, 1.807) is 55.1 Å². The lowest BCUT2D eigenvalue weighted by molar-refractivity contribution is 0.100. The van der Waals surface area contributed by atoms with Gasteiger partial charge in [-0.15, -0.1) is 0 Å². The molecule has 10 nitrogen and oxygen atoms in total. The average Bonchev–Trinajstić information content (AvgIpc) is 3.42. The summed E-state index contributed by atoms with van der Waals surface area (Å²) in [5.74, 6) is -0.495. The molecule has 1 unspecified atom stereocenters. The standard InChI is InChI=1S/C26H25N5O5S/c1-15-23-20(26(33)29-21-9-4-3-8-19(21)24(27)32)13-22(16-6-5-7-18(12-16)36-2)28-25(23)31(30-15)17-10-11-37(34,35)14-17/h3-9,12-13,17H,10-11,14H2,1-2H3,(H2,27,32)(H,29,33). The van der Waals surface area contributed by atoms with Gasteiger partial charge in [-0.2, -0.15) is 5.10 Å². The van der Waals surface area contributed by atoms with Crippen LogP contribution in [0.5, 0.6) is 5.75 Å². The van der Waals surface area contributed by atoms with Gasteiger partial charge >= 0.3 is 0 Å². The van der Waals surface area contributed by atoms with Crippen molar-refractivity contribution in [2.75, 3.05) is 23.9 Å². The van der Waals surface area contributed by atoms with Gasteiger partial charge in [0.25, 0.3) is 11.8 Å². The first-order valence-electron chi connectivity index (χ1n) is 11.6. The second kappa shape index (κ2) is 9.32. The van der Waals surface area contributed by atoms with E-state index in [1.807, 2.05) is 12.1 Å². The van der Waals surface area contributed by atoms with Crippen molar-refractivity contribution in [2.45, 2.75) is 19.4 Å². The summed E-state index contributed by atoms with van der Waals surface area (Å²) in [7, 11) is -1.62. The van der Waals surface area contributed by atoms with Crippen molar-refractivity contribution in [2.24, 2.45) is 5.73 Å². The smallest absolute Gasteiger partial charge is 0.256 e. The molecular formula is C26H25N5O5S. The van der Waals surface area contributed by atoms with Crippen molar-refractivity contribution >= 4 is 38.4 Å². The van der Waals surface area contributed by atoms with E-state index >= 15 is 0 Å². The third-order valence-electron chi connectivity index (χ3n) is 6.44. The lowest BCUT2D eigenvalue weighted by Crippen LogP contribution is -2.19. The summed E-state index contributed by atoms with van der Waals surface area (Å²) in [6.07, 6.45) is 0.414. The van der Waals surface area contributed by atoms with Crippen LogP contribution in [0.4, 0.5) is 5.69 Å². The molecular weight excluding hydrogens is 494 g/mol. The molecule has 37 heavy (non-hydrogen) atoms. The number of nitrogens with one attached hydrogen (secondary N) is 1. The first-order chi connectivity index (χ1) is 17.7. The number of primary amides is 1. The fourth-order valence-corrected chi connectivity index (χ4v) is 6.33. The second-order valence-corrected chi connectivity index (χ2v) is 11.2. The Morgan fingerprint density at radius 3 is 2.59 bits per heavy atom. The highest BCUT2D eigenvalue weighted by Crippen LogP contribution is 2.33. The van der Waals surface area contributed by atoms with Gasteiger partial charge in [0.2, 0.25) is 0 Å². The van der Waals surface area contributed by atoms with E-state index in [0.29, 0.717) is 40.2 Å². The highest BCUT2D eigenvalue weighted by Gasteiger charge is 2.32. The maximum absolute atomic E-state index is 13.6. The number of nitrogens with two attached hydrogens (primary N) is 1. The number of benzene rings is 2. The number of aromatic nitrogens is 3. The predicted molar refractivity (Wildman–Crippen MR) is 139 cm³/mol. The van der Waals surface area contributed by atoms with Crippen LogP contribution < -0.4 is 15.8 Å². The van der Waals surface area contributed by atoms with Crippen LogP contribution in [0.2, 0.25) is 0 Å². The van der Waals surface area contributed by atoms with Gasteiger partial charge in [0.1, 0.15) is 5.75 Å². The topological polar surface area (TPSA) is 146 Å². The van der Waals surface area contributed by atoms with Gasteiger partial charge < -0.3 is 15.8 Å². The van der Waals surface area contributed by atoms with E-state index in [-0.39, 0.29) is 34.4 Å². The third kappa shape index (κ3) is 4.65. The number of pyridine rings is 1. The van der Waals surface area contributed by atoms with Gasteiger partial charge in [-0.25, -0.2) is 18.1 Å². The largest absolute Gasteiger partial charge is 0.497 e. The monoisotopic (exact) mass is 519 g/mol. The summed E-state index contributed by atoms with van der Waals surface area (Å²) in [4.78, 5) is 30.4. The minimum Gasteiger partial charge on any atom is -0.497 e. The fraction of sp³-hybridized carbons (Fsp3) is 0.231. The maximum atomic E-state index is 13.6. The number of rotatable bonds is 6. The zero-order valence-corrected chi connectivity index (χ0v) is 21.1. The molecule has 0 saturated carbocycles. The van der Waals surface area contributed by atoms with Crippen LogP contribution in [0.25, 0.3) is 22.3 Å². The SMILES string of the molecule is COc1cccc(-c2cc(C(=O)Nc3ccccc3C(N)=O)c3c(C)nn(C4CCS(=O)(=O)C4)c3n2)c1. The summed E-state index contributed by atoms with van der Waals surface area (Å²) >= 11 is 0. The molecule has 1 aliphatic heterocycles. The number of carbonyl (C=O) groups excluding carboxylic acids is 2. The Bertz CT molecular complexity index is 1660. The summed E-state index contributed by atoms with van der Waals surface area (Å²) in [5.41, 5.74) is 8.37. The summed E-state index contributed by atoms with van der Waals surface area (Å²) in [6.45, 7) is 1.75. The molecule has 0 aliphatic carbocycles. The summed E-state index contributed by atoms with van der Waals surface area (Å²) in [6, 6.07) is 15.0. The summed E-state index contributed by atoms with van der Waals surface area (Å²) in [5, 5.41) is 7.91. The van der Waals surface area contributed by atoms with Crippen LogP contribution in [0.3, 0.4) is 0 Å². The number of sulfone groups is 1. The van der Waals surface area contributed by atoms with Crippen LogP contribution in [0.1, 0.15) is 38.9 Å². The molecule has 1 aliphatic rings. The minimum atomic E-state index is -3.18. The molecule has 2 aromatic carbocycles. The van der Waals surface area contributed by atoms with Crippen LogP contribution >= 0.6 is 0 Å². The number of ether oxygens (including phenoxy) is 1. The molecule has 1 atom stereocenters. The molecule has 2 amide bonds. The Hall–Kier alpha value is -4.25. The van der Waals surface area contributed by atoms with Crippen LogP contribution in [-0.2, 0) is 9.84 Å². The van der Waals surface area contributed by atoms with Gasteiger partial charge in [-0.1, -0.05) is 24.3 Å². The molecule has 2 aromatic heterocycles. The molecule has 3 N–H and O–H groups in total. The Morgan fingerprint density at radius 2 is 1.89 bits per heavy atom. The Labute approximate surface area is 213 Å². The number of carbonyl (C=O) groups is 2. The highest BCUT2D eigenvalue weighted by molar-refractivity contribution is 7.91. The first kappa shape index (κ1) is 24.4. The van der Waals surface area contributed by atoms with Gasteiger partial charge in [-0.05, 0) is 43.7 Å². The molecule has 1 fully saturated rings. The average molecular weight is 520 g/mol. The van der Waals surface area contributed by atoms with E-state index < -0.39 is 21.7 Å². The van der Waals surface area contributed by atoms with Crippen LogP contribution in [-0.4, -0.2) is 53.6 Å². The van der Waals surface area contributed by atoms with Crippen molar-refractivity contribution in [3.05, 3.63) is 71.4 Å².